The Morgan fingerprint density at radius 2 is 2.10 bits per heavy atom. The van der Waals surface area contributed by atoms with Gasteiger partial charge < -0.3 is 19.4 Å². The number of anilines is 1. The van der Waals surface area contributed by atoms with Crippen molar-refractivity contribution in [3.05, 3.63) is 59.6 Å². The maximum absolute atomic E-state index is 12.9. The van der Waals surface area contributed by atoms with Crippen molar-refractivity contribution in [2.45, 2.75) is 6.42 Å². The summed E-state index contributed by atoms with van der Waals surface area (Å²) < 4.78 is 23.8. The second-order valence-electron chi connectivity index (χ2n) is 7.01. The second-order valence-corrected chi connectivity index (χ2v) is 7.01. The van der Waals surface area contributed by atoms with Gasteiger partial charge in [0.1, 0.15) is 24.2 Å². The highest BCUT2D eigenvalue weighted by atomic mass is 19.1. The molecule has 156 valence electrons. The first-order valence-electron chi connectivity index (χ1n) is 9.91. The summed E-state index contributed by atoms with van der Waals surface area (Å²) in [4.78, 5) is 18.9. The fourth-order valence-electron chi connectivity index (χ4n) is 3.53. The maximum atomic E-state index is 12.9. The monoisotopic (exact) mass is 410 g/mol. The summed E-state index contributed by atoms with van der Waals surface area (Å²) in [5, 5.41) is 12.5. The molecule has 3 heterocycles. The molecule has 1 aromatic carbocycles. The lowest BCUT2D eigenvalue weighted by molar-refractivity contribution is 0.0735. The summed E-state index contributed by atoms with van der Waals surface area (Å²) in [5.41, 5.74) is 2.71. The molecule has 0 spiro atoms. The zero-order valence-corrected chi connectivity index (χ0v) is 16.5. The fourth-order valence-corrected chi connectivity index (χ4v) is 3.53. The first-order valence-corrected chi connectivity index (χ1v) is 9.91. The van der Waals surface area contributed by atoms with Crippen molar-refractivity contribution in [1.82, 2.24) is 9.88 Å². The molecule has 1 saturated heterocycles. The van der Waals surface area contributed by atoms with E-state index in [4.69, 9.17) is 14.6 Å². The summed E-state index contributed by atoms with van der Waals surface area (Å²) >= 11 is 0. The quantitative estimate of drug-likeness (QED) is 0.607. The van der Waals surface area contributed by atoms with Crippen LogP contribution in [0.15, 0.2) is 47.2 Å². The van der Waals surface area contributed by atoms with Crippen LogP contribution in [0.3, 0.4) is 0 Å². The Hall–Kier alpha value is -3.26. The standard InChI is InChI=1S/C22H23FN4O3/c23-6-7-25-18-12-19(22(28)27-8-3-10-29-11-9-27)26-13-16(18)21(24)17-14-30-20-5-2-1-4-15(17)20/h1-2,4-5,12-14,24H,3,6-11H2,(H,25,26). The van der Waals surface area contributed by atoms with Crippen molar-refractivity contribution in [2.24, 2.45) is 0 Å². The molecule has 1 aliphatic rings. The molecule has 7 nitrogen and oxygen atoms in total. The number of halogens is 1. The number of ether oxygens (including phenoxy) is 1. The van der Waals surface area contributed by atoms with Crippen LogP contribution in [0.2, 0.25) is 0 Å². The predicted octanol–water partition coefficient (Wildman–Crippen LogP) is 3.49. The highest BCUT2D eigenvalue weighted by Crippen LogP contribution is 2.26. The van der Waals surface area contributed by atoms with Crippen molar-refractivity contribution < 1.29 is 18.3 Å². The number of carbonyl (C=O) groups excluding carboxylic acids is 1. The zero-order chi connectivity index (χ0) is 20.9. The van der Waals surface area contributed by atoms with Gasteiger partial charge in [-0.1, -0.05) is 18.2 Å². The van der Waals surface area contributed by atoms with E-state index >= 15 is 0 Å². The van der Waals surface area contributed by atoms with Crippen LogP contribution < -0.4 is 5.32 Å². The molecule has 0 atom stereocenters. The molecule has 8 heteroatoms. The lowest BCUT2D eigenvalue weighted by Crippen LogP contribution is -2.34. The molecule has 1 amide bonds. The van der Waals surface area contributed by atoms with Crippen LogP contribution in [0.1, 0.15) is 28.0 Å². The molecule has 1 fully saturated rings. The Morgan fingerprint density at radius 3 is 2.97 bits per heavy atom. The lowest BCUT2D eigenvalue weighted by atomic mass is 10.0. The van der Waals surface area contributed by atoms with Gasteiger partial charge in [0.25, 0.3) is 5.91 Å². The van der Waals surface area contributed by atoms with Crippen molar-refractivity contribution in [1.29, 1.82) is 5.41 Å². The highest BCUT2D eigenvalue weighted by Gasteiger charge is 2.22. The number of pyridine rings is 1. The summed E-state index contributed by atoms with van der Waals surface area (Å²) in [6, 6.07) is 9.05. The molecule has 30 heavy (non-hydrogen) atoms. The number of carbonyl (C=O) groups is 1. The molecule has 0 aliphatic carbocycles. The van der Waals surface area contributed by atoms with Crippen LogP contribution in [0.25, 0.3) is 11.0 Å². The first kappa shape index (κ1) is 20.0. The normalized spacial score (nSPS) is 14.5. The second kappa shape index (κ2) is 9.04. The van der Waals surface area contributed by atoms with E-state index in [1.807, 2.05) is 24.3 Å². The van der Waals surface area contributed by atoms with Crippen LogP contribution in [-0.2, 0) is 4.74 Å². The van der Waals surface area contributed by atoms with E-state index < -0.39 is 6.67 Å². The van der Waals surface area contributed by atoms with Gasteiger partial charge in [0.2, 0.25) is 0 Å². The zero-order valence-electron chi connectivity index (χ0n) is 16.5. The minimum Gasteiger partial charge on any atom is -0.464 e. The van der Waals surface area contributed by atoms with Gasteiger partial charge in [0.05, 0.1) is 12.3 Å². The van der Waals surface area contributed by atoms with E-state index in [0.717, 1.165) is 11.8 Å². The van der Waals surface area contributed by atoms with Gasteiger partial charge in [-0.3, -0.25) is 15.2 Å². The minimum atomic E-state index is -0.573. The third-order valence-electron chi connectivity index (χ3n) is 5.06. The Kier molecular flexibility index (Phi) is 6.04. The van der Waals surface area contributed by atoms with Crippen LogP contribution in [0.4, 0.5) is 10.1 Å². The molecule has 0 radical (unpaired) electrons. The topological polar surface area (TPSA) is 91.5 Å². The van der Waals surface area contributed by atoms with Gasteiger partial charge in [0.15, 0.2) is 0 Å². The third-order valence-corrected chi connectivity index (χ3v) is 5.06. The number of amides is 1. The molecule has 4 rings (SSSR count). The fraction of sp³-hybridized carbons (Fsp3) is 0.318. The van der Waals surface area contributed by atoms with E-state index in [1.54, 1.807) is 11.0 Å². The number of para-hydroxylation sites is 1. The van der Waals surface area contributed by atoms with Crippen LogP contribution in [0.5, 0.6) is 0 Å². The number of alkyl halides is 1. The molecule has 2 aromatic heterocycles. The van der Waals surface area contributed by atoms with Gasteiger partial charge in [-0.2, -0.15) is 0 Å². The molecular weight excluding hydrogens is 387 g/mol. The number of nitrogens with zero attached hydrogens (tertiary/aromatic N) is 2. The largest absolute Gasteiger partial charge is 0.464 e. The highest BCUT2D eigenvalue weighted by molar-refractivity contribution is 6.19. The lowest BCUT2D eigenvalue weighted by Gasteiger charge is -2.20. The molecule has 1 aliphatic heterocycles. The van der Waals surface area contributed by atoms with Crippen LogP contribution in [0, 0.1) is 5.41 Å². The van der Waals surface area contributed by atoms with Crippen LogP contribution >= 0.6 is 0 Å². The molecule has 0 unspecified atom stereocenters. The number of furan rings is 1. The first-order chi connectivity index (χ1) is 14.7. The smallest absolute Gasteiger partial charge is 0.272 e. The SMILES string of the molecule is N=C(c1cnc(C(=O)N2CCCOCC2)cc1NCCF)c1coc2ccccc12. The number of fused-ring (bicyclic) bond motifs is 1. The van der Waals surface area contributed by atoms with Gasteiger partial charge in [0, 0.05) is 54.6 Å². The van der Waals surface area contributed by atoms with E-state index in [-0.39, 0.29) is 23.9 Å². The molecule has 0 bridgehead atoms. The Bertz CT molecular complexity index is 1060. The molecule has 3 aromatic rings. The molecule has 2 N–H and O–H groups in total. The van der Waals surface area contributed by atoms with Crippen molar-refractivity contribution in [3.63, 3.8) is 0 Å². The van der Waals surface area contributed by atoms with Crippen molar-refractivity contribution >= 4 is 28.3 Å². The Balaban J connectivity index is 1.67. The van der Waals surface area contributed by atoms with E-state index in [9.17, 15) is 9.18 Å². The average molecular weight is 410 g/mol. The van der Waals surface area contributed by atoms with E-state index in [1.165, 1.54) is 12.5 Å². The number of benzene rings is 1. The average Bonchev–Trinajstić information content (AvgIpc) is 3.02. The number of rotatable bonds is 6. The van der Waals surface area contributed by atoms with Crippen molar-refractivity contribution in [3.8, 4) is 0 Å². The molecular formula is C22H23FN4O3. The molecule has 0 saturated carbocycles. The number of nitrogens with one attached hydrogen (secondary N) is 2. The summed E-state index contributed by atoms with van der Waals surface area (Å²) in [6.07, 6.45) is 3.80. The predicted molar refractivity (Wildman–Crippen MR) is 112 cm³/mol. The van der Waals surface area contributed by atoms with Gasteiger partial charge in [-0.05, 0) is 18.6 Å². The third kappa shape index (κ3) is 4.04. The van der Waals surface area contributed by atoms with Gasteiger partial charge >= 0.3 is 0 Å². The summed E-state index contributed by atoms with van der Waals surface area (Å²) in [5.74, 6) is -0.198. The Labute approximate surface area is 173 Å². The number of hydrogen-bond acceptors (Lipinski definition) is 6. The van der Waals surface area contributed by atoms with E-state index in [0.29, 0.717) is 48.7 Å². The minimum absolute atomic E-state index is 0.0710. The number of aromatic nitrogens is 1. The maximum Gasteiger partial charge on any atom is 0.272 e. The summed E-state index contributed by atoms with van der Waals surface area (Å²) in [6.45, 7) is 1.74. The van der Waals surface area contributed by atoms with Crippen molar-refractivity contribution in [2.75, 3.05) is 44.8 Å². The Morgan fingerprint density at radius 1 is 1.23 bits per heavy atom. The number of hydrogen-bond donors (Lipinski definition) is 2. The van der Waals surface area contributed by atoms with Gasteiger partial charge in [-0.25, -0.2) is 4.39 Å². The summed E-state index contributed by atoms with van der Waals surface area (Å²) in [7, 11) is 0. The van der Waals surface area contributed by atoms with Gasteiger partial charge in [-0.15, -0.1) is 0 Å². The van der Waals surface area contributed by atoms with E-state index in [2.05, 4.69) is 10.3 Å². The van der Waals surface area contributed by atoms with Crippen LogP contribution in [-0.4, -0.2) is 61.0 Å².